The van der Waals surface area contributed by atoms with Crippen LogP contribution in [0, 0.1) is 0 Å². The highest BCUT2D eigenvalue weighted by Crippen LogP contribution is 2.17. The molecule has 2 unspecified atom stereocenters. The number of carboxylic acid groups (broad SMARTS) is 1. The summed E-state index contributed by atoms with van der Waals surface area (Å²) >= 11 is 0. The second-order valence-electron chi connectivity index (χ2n) is 23.4. The summed E-state index contributed by atoms with van der Waals surface area (Å²) in [7, 11) is 5.90. The van der Waals surface area contributed by atoms with Crippen LogP contribution in [-0.2, 0) is 33.3 Å². The summed E-state index contributed by atoms with van der Waals surface area (Å²) in [5.74, 6) is -2.36. The van der Waals surface area contributed by atoms with E-state index < -0.39 is 24.3 Å². The number of carboxylic acids is 1. The van der Waals surface area contributed by atoms with Crippen LogP contribution in [0.3, 0.4) is 0 Å². The average molecular weight is 1130 g/mol. The monoisotopic (exact) mass is 1130 g/mol. The van der Waals surface area contributed by atoms with E-state index in [0.29, 0.717) is 23.9 Å². The van der Waals surface area contributed by atoms with Crippen LogP contribution in [-0.4, -0.2) is 82.3 Å². The van der Waals surface area contributed by atoms with E-state index in [2.05, 4.69) is 111 Å². The van der Waals surface area contributed by atoms with E-state index in [9.17, 15) is 19.5 Å². The van der Waals surface area contributed by atoms with E-state index in [0.717, 1.165) is 64.2 Å². The smallest absolute Gasteiger partial charge is 0.306 e. The largest absolute Gasteiger partial charge is 0.545 e. The molecule has 0 aliphatic rings. The molecule has 81 heavy (non-hydrogen) atoms. The number of quaternary nitrogens is 1. The molecular formula is C72H125NO8. The first-order valence-electron chi connectivity index (χ1n) is 33.4. The Morgan fingerprint density at radius 1 is 0.383 bits per heavy atom. The SMILES string of the molecule is CC/C=C\C/C=C\C/C=C\C/C=C\C/C=C\CCCC(=O)OC(COC(=O)CCCCCCCCCCCCCCCCCCCCCCCCCC/C=C\C/C=C\C/C=C\CCCCCCC)COC(OCC[N+](C)(C)C)C(=O)[O-]. The first-order chi connectivity index (χ1) is 39.6. The van der Waals surface area contributed by atoms with E-state index in [4.69, 9.17) is 18.9 Å². The third kappa shape index (κ3) is 63.6. The van der Waals surface area contributed by atoms with Crippen molar-refractivity contribution in [3.05, 3.63) is 97.2 Å². The molecule has 0 saturated heterocycles. The number of carbonyl (C=O) groups excluding carboxylic acids is 3. The molecule has 0 aromatic heterocycles. The second kappa shape index (κ2) is 62.3. The van der Waals surface area contributed by atoms with Gasteiger partial charge in [-0.1, -0.05) is 278 Å². The van der Waals surface area contributed by atoms with Gasteiger partial charge in [0, 0.05) is 12.8 Å². The molecule has 0 heterocycles. The summed E-state index contributed by atoms with van der Waals surface area (Å²) in [6, 6.07) is 0. The number of aliphatic carboxylic acids is 1. The summed E-state index contributed by atoms with van der Waals surface area (Å²) in [4.78, 5) is 37.3. The van der Waals surface area contributed by atoms with Crippen molar-refractivity contribution in [2.24, 2.45) is 0 Å². The predicted molar refractivity (Wildman–Crippen MR) is 343 cm³/mol. The molecule has 0 rings (SSSR count). The third-order valence-electron chi connectivity index (χ3n) is 14.3. The third-order valence-corrected chi connectivity index (χ3v) is 14.3. The molecule has 9 heteroatoms. The average Bonchev–Trinajstić information content (AvgIpc) is 3.44. The maximum absolute atomic E-state index is 12.8. The molecule has 0 amide bonds. The number of esters is 2. The van der Waals surface area contributed by atoms with Gasteiger partial charge in [-0.15, -0.1) is 0 Å². The highest BCUT2D eigenvalue weighted by molar-refractivity contribution is 5.70. The fraction of sp³-hybridized carbons (Fsp3) is 0.736. The van der Waals surface area contributed by atoms with Crippen LogP contribution in [0.1, 0.15) is 284 Å². The maximum atomic E-state index is 12.8. The number of nitrogens with zero attached hydrogens (tertiary/aromatic N) is 1. The van der Waals surface area contributed by atoms with E-state index >= 15 is 0 Å². The van der Waals surface area contributed by atoms with Gasteiger partial charge in [0.15, 0.2) is 12.4 Å². The van der Waals surface area contributed by atoms with Crippen molar-refractivity contribution in [2.75, 3.05) is 47.5 Å². The van der Waals surface area contributed by atoms with E-state index in [1.807, 2.05) is 21.1 Å². The fourth-order valence-corrected chi connectivity index (χ4v) is 9.23. The van der Waals surface area contributed by atoms with Crippen LogP contribution in [0.5, 0.6) is 0 Å². The highest BCUT2D eigenvalue weighted by atomic mass is 16.7. The lowest BCUT2D eigenvalue weighted by molar-refractivity contribution is -0.870. The van der Waals surface area contributed by atoms with Crippen molar-refractivity contribution in [2.45, 2.75) is 296 Å². The number of hydrogen-bond donors (Lipinski definition) is 0. The quantitative estimate of drug-likeness (QED) is 0.0195. The number of hydrogen-bond acceptors (Lipinski definition) is 8. The zero-order chi connectivity index (χ0) is 59.1. The molecule has 9 nitrogen and oxygen atoms in total. The second-order valence-corrected chi connectivity index (χ2v) is 23.4. The van der Waals surface area contributed by atoms with Crippen LogP contribution >= 0.6 is 0 Å². The lowest BCUT2D eigenvalue weighted by atomic mass is 10.0. The van der Waals surface area contributed by atoms with Crippen molar-refractivity contribution in [1.29, 1.82) is 0 Å². The Morgan fingerprint density at radius 2 is 0.716 bits per heavy atom. The number of ether oxygens (including phenoxy) is 4. The zero-order valence-corrected chi connectivity index (χ0v) is 53.1. The lowest BCUT2D eigenvalue weighted by Crippen LogP contribution is -2.44. The lowest BCUT2D eigenvalue weighted by Gasteiger charge is -2.26. The molecule has 0 aliphatic carbocycles. The Bertz CT molecular complexity index is 1650. The molecule has 0 bridgehead atoms. The van der Waals surface area contributed by atoms with Crippen molar-refractivity contribution in [1.82, 2.24) is 0 Å². The summed E-state index contributed by atoms with van der Waals surface area (Å²) in [6.45, 7) is 4.57. The highest BCUT2D eigenvalue weighted by Gasteiger charge is 2.22. The Hall–Kier alpha value is -3.79. The van der Waals surface area contributed by atoms with Gasteiger partial charge in [-0.25, -0.2) is 0 Å². The van der Waals surface area contributed by atoms with E-state index in [-0.39, 0.29) is 38.6 Å². The molecule has 0 radical (unpaired) electrons. The van der Waals surface area contributed by atoms with Crippen LogP contribution in [0.15, 0.2) is 97.2 Å². The van der Waals surface area contributed by atoms with Crippen LogP contribution in [0.25, 0.3) is 0 Å². The van der Waals surface area contributed by atoms with Crippen molar-refractivity contribution < 1.29 is 42.9 Å². The molecule has 0 aromatic rings. The van der Waals surface area contributed by atoms with Crippen molar-refractivity contribution >= 4 is 17.9 Å². The normalized spacial score (nSPS) is 13.3. The summed E-state index contributed by atoms with van der Waals surface area (Å²) in [5, 5.41) is 11.8. The minimum atomic E-state index is -1.64. The predicted octanol–water partition coefficient (Wildman–Crippen LogP) is 19.1. The fourth-order valence-electron chi connectivity index (χ4n) is 9.23. The van der Waals surface area contributed by atoms with E-state index in [1.54, 1.807) is 0 Å². The molecule has 0 spiro atoms. The van der Waals surface area contributed by atoms with Crippen LogP contribution in [0.4, 0.5) is 0 Å². The van der Waals surface area contributed by atoms with Gasteiger partial charge in [0.25, 0.3) is 0 Å². The van der Waals surface area contributed by atoms with Gasteiger partial charge in [-0.2, -0.15) is 0 Å². The first-order valence-corrected chi connectivity index (χ1v) is 33.4. The number of rotatable bonds is 61. The number of likely N-dealkylation sites (N-methyl/N-ethyl adjacent to an activating group) is 1. The number of unbranched alkanes of at least 4 members (excludes halogenated alkanes) is 30. The van der Waals surface area contributed by atoms with Gasteiger partial charge in [0.1, 0.15) is 13.2 Å². The summed E-state index contributed by atoms with van der Waals surface area (Å²) in [5.41, 5.74) is 0. The molecule has 466 valence electrons. The van der Waals surface area contributed by atoms with Crippen molar-refractivity contribution in [3.63, 3.8) is 0 Å². The first kappa shape index (κ1) is 77.2. The molecular weight excluding hydrogens is 1010 g/mol. The Balaban J connectivity index is 4.01. The van der Waals surface area contributed by atoms with Crippen LogP contribution in [0.2, 0.25) is 0 Å². The minimum absolute atomic E-state index is 0.134. The topological polar surface area (TPSA) is 111 Å². The van der Waals surface area contributed by atoms with Gasteiger partial charge in [-0.3, -0.25) is 9.59 Å². The minimum Gasteiger partial charge on any atom is -0.545 e. The Labute approximate surface area is 499 Å². The summed E-state index contributed by atoms with van der Waals surface area (Å²) < 4.78 is 22.6. The standard InChI is InChI=1S/C72H125NO8/c1-6-8-10-12-14-16-18-20-22-24-25-26-27-28-29-30-31-32-33-34-35-36-37-38-39-40-41-42-43-44-45-47-48-50-52-54-56-58-60-62-69(74)79-66-68(67-80-72(71(76)77)78-65-64-73(3,4)5)81-70(75)63-61-59-57-55-53-51-49-46-23-21-19-17-15-13-11-9-7-2/h9,11,15,17-18,20-21,23-25,27-28,49,51,55,57,68,72H,6-8,10,12-14,16,19,22,26,29-48,50,52-54,56,58-67H2,1-5H3/b11-9-,17-15-,20-18-,23-21-,25-24-,28-27-,51-49-,57-55-. The molecule has 0 aliphatic heterocycles. The number of allylic oxidation sites excluding steroid dienone is 16. The van der Waals surface area contributed by atoms with Gasteiger partial charge in [-0.05, 0) is 89.9 Å². The summed E-state index contributed by atoms with van der Waals surface area (Å²) in [6.07, 6.45) is 82.3. The van der Waals surface area contributed by atoms with Gasteiger partial charge < -0.3 is 33.3 Å². The molecule has 0 N–H and O–H groups in total. The van der Waals surface area contributed by atoms with E-state index in [1.165, 1.54) is 180 Å². The van der Waals surface area contributed by atoms with Gasteiger partial charge >= 0.3 is 11.9 Å². The molecule has 0 saturated carbocycles. The Morgan fingerprint density at radius 3 is 1.09 bits per heavy atom. The van der Waals surface area contributed by atoms with Gasteiger partial charge in [0.2, 0.25) is 0 Å². The Kier molecular flexibility index (Phi) is 59.3. The molecule has 0 aromatic carbocycles. The van der Waals surface area contributed by atoms with Crippen molar-refractivity contribution in [3.8, 4) is 0 Å². The van der Waals surface area contributed by atoms with Crippen LogP contribution < -0.4 is 5.11 Å². The zero-order valence-electron chi connectivity index (χ0n) is 53.1. The maximum Gasteiger partial charge on any atom is 0.306 e. The molecule has 0 fully saturated rings. The molecule has 2 atom stereocenters. The number of carbonyl (C=O) groups is 3. The van der Waals surface area contributed by atoms with Gasteiger partial charge in [0.05, 0.1) is 40.3 Å².